The van der Waals surface area contributed by atoms with E-state index >= 15 is 0 Å². The van der Waals surface area contributed by atoms with Crippen LogP contribution in [-0.2, 0) is 20.0 Å². The molecular weight excluding hydrogens is 404 g/mol. The van der Waals surface area contributed by atoms with Crippen LogP contribution in [0.2, 0.25) is 0 Å². The summed E-state index contributed by atoms with van der Waals surface area (Å²) >= 11 is 0. The van der Waals surface area contributed by atoms with Gasteiger partial charge in [-0.25, -0.2) is 13.4 Å². The van der Waals surface area contributed by atoms with Crippen LogP contribution in [0.15, 0.2) is 53.4 Å². The van der Waals surface area contributed by atoms with Crippen LogP contribution in [0.25, 0.3) is 0 Å². The van der Waals surface area contributed by atoms with E-state index in [4.69, 9.17) is 4.74 Å². The Morgan fingerprint density at radius 3 is 2.07 bits per heavy atom. The molecule has 1 aliphatic heterocycles. The maximum atomic E-state index is 13.4. The molecule has 8 heteroatoms. The number of ether oxygens (including phenoxy) is 1. The summed E-state index contributed by atoms with van der Waals surface area (Å²) in [6.07, 6.45) is 3.33. The van der Waals surface area contributed by atoms with Crippen molar-refractivity contribution in [1.29, 1.82) is 0 Å². The van der Waals surface area contributed by atoms with Gasteiger partial charge in [-0.3, -0.25) is 14.6 Å². The summed E-state index contributed by atoms with van der Waals surface area (Å²) in [7, 11) is -1.73. The fourth-order valence-corrected chi connectivity index (χ4v) is 4.57. The van der Waals surface area contributed by atoms with Crippen molar-refractivity contribution in [3.05, 3.63) is 59.7 Å². The molecule has 7 nitrogen and oxygen atoms in total. The lowest BCUT2D eigenvalue weighted by Gasteiger charge is -2.31. The fourth-order valence-electron chi connectivity index (χ4n) is 3.94. The third-order valence-electron chi connectivity index (χ3n) is 5.83. The van der Waals surface area contributed by atoms with Gasteiger partial charge in [0, 0.05) is 24.9 Å². The Morgan fingerprint density at radius 1 is 0.933 bits per heavy atom. The maximum absolute atomic E-state index is 13.4. The van der Waals surface area contributed by atoms with E-state index in [1.165, 1.54) is 29.3 Å². The normalized spacial score (nSPS) is 17.7. The first-order valence-electron chi connectivity index (χ1n) is 9.85. The van der Waals surface area contributed by atoms with Gasteiger partial charge in [-0.15, -0.1) is 0 Å². The summed E-state index contributed by atoms with van der Waals surface area (Å²) in [5, 5.41) is 3.05. The number of hydrogen-bond donors (Lipinski definition) is 0. The first-order valence-corrected chi connectivity index (χ1v) is 11.7. The molecule has 158 valence electrons. The second-order valence-electron chi connectivity index (χ2n) is 7.82. The Bertz CT molecular complexity index is 1070. The predicted octanol–water partition coefficient (Wildman–Crippen LogP) is 2.42. The summed E-state index contributed by atoms with van der Waals surface area (Å²) in [6, 6.07) is 13.4. The lowest BCUT2D eigenvalue weighted by molar-refractivity contribution is -0.143. The molecule has 2 aliphatic rings. The zero-order chi connectivity index (χ0) is 21.5. The predicted molar refractivity (Wildman–Crippen MR) is 111 cm³/mol. The van der Waals surface area contributed by atoms with Gasteiger partial charge in [-0.2, -0.15) is 0 Å². The maximum Gasteiger partial charge on any atom is 0.272 e. The Balaban J connectivity index is 1.55. The van der Waals surface area contributed by atoms with Crippen LogP contribution >= 0.6 is 0 Å². The van der Waals surface area contributed by atoms with E-state index in [-0.39, 0.29) is 16.7 Å². The number of carbonyl (C=O) groups is 2. The topological polar surface area (TPSA) is 84.0 Å². The lowest BCUT2D eigenvalue weighted by atomic mass is 9.94. The number of methoxy groups -OCH3 is 1. The highest BCUT2D eigenvalue weighted by molar-refractivity contribution is 7.90. The minimum absolute atomic E-state index is 0.0636. The average molecular weight is 429 g/mol. The van der Waals surface area contributed by atoms with Crippen LogP contribution in [0.1, 0.15) is 35.2 Å². The average Bonchev–Trinajstić information content (AvgIpc) is 3.42. The number of nitrogens with zero attached hydrogens (tertiary/aromatic N) is 2. The molecular formula is C22H24N2O5S. The van der Waals surface area contributed by atoms with Crippen molar-refractivity contribution >= 4 is 21.7 Å². The molecule has 0 atom stereocenters. The summed E-state index contributed by atoms with van der Waals surface area (Å²) in [6.45, 7) is 0.945. The standard InChI is InChI=1S/C22H24N2O5S/c1-29-18-8-6-17(7-9-18)22(12-13-22)21(26)24-15-3-14-23(24)20(25)16-4-10-19(11-5-16)30(2,27)28/h4-11H,3,12-15H2,1-2H3. The van der Waals surface area contributed by atoms with Crippen LogP contribution in [0.3, 0.4) is 0 Å². The minimum Gasteiger partial charge on any atom is -0.497 e. The number of hydrazine groups is 1. The van der Waals surface area contributed by atoms with E-state index in [1.807, 2.05) is 24.3 Å². The molecule has 0 radical (unpaired) electrons. The number of sulfone groups is 1. The second-order valence-corrected chi connectivity index (χ2v) is 9.83. The summed E-state index contributed by atoms with van der Waals surface area (Å²) in [4.78, 5) is 26.7. The zero-order valence-corrected chi connectivity index (χ0v) is 17.8. The number of hydrogen-bond acceptors (Lipinski definition) is 5. The summed E-state index contributed by atoms with van der Waals surface area (Å²) < 4.78 is 28.5. The molecule has 1 aliphatic carbocycles. The van der Waals surface area contributed by atoms with Crippen molar-refractivity contribution in [3.63, 3.8) is 0 Å². The Kier molecular flexibility index (Phi) is 5.05. The Hall–Kier alpha value is -2.87. The molecule has 0 N–H and O–H groups in total. The van der Waals surface area contributed by atoms with Crippen LogP contribution in [-0.4, -0.2) is 56.7 Å². The van der Waals surface area contributed by atoms with Crippen molar-refractivity contribution in [2.75, 3.05) is 26.5 Å². The third-order valence-corrected chi connectivity index (χ3v) is 6.96. The molecule has 2 aromatic carbocycles. The molecule has 0 spiro atoms. The van der Waals surface area contributed by atoms with Crippen LogP contribution in [0, 0.1) is 0 Å². The van der Waals surface area contributed by atoms with Gasteiger partial charge in [-0.1, -0.05) is 12.1 Å². The fraction of sp³-hybridized carbons (Fsp3) is 0.364. The first kappa shape index (κ1) is 20.4. The first-order chi connectivity index (χ1) is 14.3. The van der Waals surface area contributed by atoms with E-state index in [0.717, 1.165) is 30.4 Å². The van der Waals surface area contributed by atoms with E-state index in [9.17, 15) is 18.0 Å². The molecule has 1 saturated carbocycles. The largest absolute Gasteiger partial charge is 0.497 e. The molecule has 0 unspecified atom stereocenters. The van der Waals surface area contributed by atoms with Gasteiger partial charge in [0.15, 0.2) is 9.84 Å². The molecule has 2 fully saturated rings. The Morgan fingerprint density at radius 2 is 1.53 bits per heavy atom. The summed E-state index contributed by atoms with van der Waals surface area (Å²) in [5.41, 5.74) is 0.705. The van der Waals surface area contributed by atoms with Crippen LogP contribution in [0.5, 0.6) is 5.75 Å². The van der Waals surface area contributed by atoms with Crippen molar-refractivity contribution in [2.24, 2.45) is 0 Å². The van der Waals surface area contributed by atoms with Crippen LogP contribution in [0.4, 0.5) is 0 Å². The van der Waals surface area contributed by atoms with E-state index < -0.39 is 15.3 Å². The lowest BCUT2D eigenvalue weighted by Crippen LogP contribution is -2.48. The molecule has 2 aromatic rings. The number of benzene rings is 2. The van der Waals surface area contributed by atoms with Crippen molar-refractivity contribution in [2.45, 2.75) is 29.6 Å². The number of rotatable bonds is 5. The van der Waals surface area contributed by atoms with Gasteiger partial charge < -0.3 is 4.74 Å². The van der Waals surface area contributed by atoms with E-state index in [2.05, 4.69) is 0 Å². The molecule has 30 heavy (non-hydrogen) atoms. The molecule has 1 saturated heterocycles. The Labute approximate surface area is 176 Å². The third kappa shape index (κ3) is 3.56. The second kappa shape index (κ2) is 7.43. The molecule has 2 amide bonds. The molecule has 1 heterocycles. The quantitative estimate of drug-likeness (QED) is 0.730. The monoisotopic (exact) mass is 428 g/mol. The van der Waals surface area contributed by atoms with E-state index in [1.54, 1.807) is 12.1 Å². The number of amides is 2. The number of carbonyl (C=O) groups excluding carboxylic acids is 2. The van der Waals surface area contributed by atoms with Crippen molar-refractivity contribution in [1.82, 2.24) is 10.0 Å². The van der Waals surface area contributed by atoms with Crippen molar-refractivity contribution < 1.29 is 22.7 Å². The van der Waals surface area contributed by atoms with Crippen LogP contribution < -0.4 is 4.74 Å². The molecule has 4 rings (SSSR count). The van der Waals surface area contributed by atoms with Gasteiger partial charge in [-0.05, 0) is 61.2 Å². The molecule has 0 bridgehead atoms. The van der Waals surface area contributed by atoms with Gasteiger partial charge in [0.2, 0.25) is 0 Å². The summed E-state index contributed by atoms with van der Waals surface area (Å²) in [5.74, 6) is 0.371. The highest BCUT2D eigenvalue weighted by atomic mass is 32.2. The zero-order valence-electron chi connectivity index (χ0n) is 17.0. The van der Waals surface area contributed by atoms with Gasteiger partial charge in [0.05, 0.1) is 17.4 Å². The van der Waals surface area contributed by atoms with Gasteiger partial charge in [0.1, 0.15) is 5.75 Å². The minimum atomic E-state index is -3.33. The SMILES string of the molecule is COc1ccc(C2(C(=O)N3CCCN3C(=O)c3ccc(S(C)(=O)=O)cc3)CC2)cc1. The van der Waals surface area contributed by atoms with Gasteiger partial charge >= 0.3 is 0 Å². The highest BCUT2D eigenvalue weighted by Crippen LogP contribution is 2.50. The van der Waals surface area contributed by atoms with E-state index in [0.29, 0.717) is 25.1 Å². The van der Waals surface area contributed by atoms with Crippen molar-refractivity contribution in [3.8, 4) is 5.75 Å². The highest BCUT2D eigenvalue weighted by Gasteiger charge is 2.55. The smallest absolute Gasteiger partial charge is 0.272 e. The van der Waals surface area contributed by atoms with Gasteiger partial charge in [0.25, 0.3) is 11.8 Å². The molecule has 0 aromatic heterocycles.